The predicted molar refractivity (Wildman–Crippen MR) is 96.9 cm³/mol. The van der Waals surface area contributed by atoms with Gasteiger partial charge in [0, 0.05) is 5.92 Å². The first kappa shape index (κ1) is 18.7. The Morgan fingerprint density at radius 1 is 0.955 bits per heavy atom. The maximum absolute atomic E-state index is 11.9. The van der Waals surface area contributed by atoms with E-state index in [1.54, 1.807) is 6.92 Å². The van der Waals surface area contributed by atoms with E-state index in [0.29, 0.717) is 0 Å². The Hall–Kier alpha value is -1.37. The van der Waals surface area contributed by atoms with Gasteiger partial charge in [-0.1, -0.05) is 95.2 Å². The molecule has 122 valence electrons. The first-order chi connectivity index (χ1) is 10.7. The van der Waals surface area contributed by atoms with Gasteiger partial charge in [-0.3, -0.25) is 4.79 Å². The smallest absolute Gasteiger partial charge is 0.137 e. The van der Waals surface area contributed by atoms with Gasteiger partial charge < -0.3 is 0 Å². The number of unbranched alkanes of at least 4 members (excludes halogenated alkanes) is 7. The largest absolute Gasteiger partial charge is 0.299 e. The Kier molecular flexibility index (Phi) is 9.54. The van der Waals surface area contributed by atoms with E-state index in [2.05, 4.69) is 13.5 Å². The molecule has 0 amide bonds. The average Bonchev–Trinajstić information content (AvgIpc) is 2.53. The number of hydrogen-bond donors (Lipinski definition) is 0. The summed E-state index contributed by atoms with van der Waals surface area (Å²) in [6.07, 6.45) is 11.3. The molecule has 1 nitrogen and oxygen atoms in total. The Labute approximate surface area is 136 Å². The van der Waals surface area contributed by atoms with Crippen LogP contribution in [0.15, 0.2) is 36.9 Å². The summed E-state index contributed by atoms with van der Waals surface area (Å²) in [4.78, 5) is 11.9. The second-order valence-electron chi connectivity index (χ2n) is 6.32. The van der Waals surface area contributed by atoms with E-state index in [1.807, 2.05) is 30.3 Å². The van der Waals surface area contributed by atoms with Crippen LogP contribution in [0.1, 0.15) is 77.2 Å². The van der Waals surface area contributed by atoms with Gasteiger partial charge in [0.05, 0.1) is 0 Å². The molecular weight excluding hydrogens is 268 g/mol. The van der Waals surface area contributed by atoms with Crippen LogP contribution in [0.2, 0.25) is 0 Å². The zero-order valence-electron chi connectivity index (χ0n) is 14.4. The van der Waals surface area contributed by atoms with Crippen molar-refractivity contribution in [2.75, 3.05) is 0 Å². The lowest BCUT2D eigenvalue weighted by molar-refractivity contribution is -0.119. The second kappa shape index (κ2) is 11.2. The van der Waals surface area contributed by atoms with Gasteiger partial charge >= 0.3 is 0 Å². The molecule has 0 spiro atoms. The van der Waals surface area contributed by atoms with Crippen molar-refractivity contribution in [3.8, 4) is 0 Å². The van der Waals surface area contributed by atoms with Crippen molar-refractivity contribution in [3.63, 3.8) is 0 Å². The van der Waals surface area contributed by atoms with Crippen molar-refractivity contribution in [3.05, 3.63) is 42.5 Å². The van der Waals surface area contributed by atoms with Crippen LogP contribution >= 0.6 is 0 Å². The quantitative estimate of drug-likeness (QED) is 0.406. The van der Waals surface area contributed by atoms with Crippen LogP contribution in [0.25, 0.3) is 5.57 Å². The molecule has 0 aliphatic heterocycles. The highest BCUT2D eigenvalue weighted by Crippen LogP contribution is 2.27. The van der Waals surface area contributed by atoms with Gasteiger partial charge in [-0.25, -0.2) is 0 Å². The lowest BCUT2D eigenvalue weighted by Crippen LogP contribution is -2.12. The summed E-state index contributed by atoms with van der Waals surface area (Å²) < 4.78 is 0. The number of ketones is 1. The monoisotopic (exact) mass is 300 g/mol. The molecule has 0 fully saturated rings. The predicted octanol–water partition coefficient (Wildman–Crippen LogP) is 6.44. The summed E-state index contributed by atoms with van der Waals surface area (Å²) in [6.45, 7) is 8.12. The molecule has 1 aromatic carbocycles. The van der Waals surface area contributed by atoms with Gasteiger partial charge in [0.1, 0.15) is 5.78 Å². The molecule has 0 N–H and O–H groups in total. The number of allylic oxidation sites excluding steroid dienone is 1. The number of rotatable bonds is 12. The zero-order valence-corrected chi connectivity index (χ0v) is 14.4. The lowest BCUT2D eigenvalue weighted by atomic mass is 9.86. The van der Waals surface area contributed by atoms with Gasteiger partial charge in [0.15, 0.2) is 0 Å². The van der Waals surface area contributed by atoms with E-state index in [0.717, 1.165) is 24.0 Å². The molecule has 1 aromatic rings. The van der Waals surface area contributed by atoms with Crippen molar-refractivity contribution >= 4 is 11.4 Å². The third-order valence-corrected chi connectivity index (χ3v) is 4.40. The summed E-state index contributed by atoms with van der Waals surface area (Å²) in [5, 5.41) is 0. The Balaban J connectivity index is 2.30. The molecule has 0 aliphatic carbocycles. The summed E-state index contributed by atoms with van der Waals surface area (Å²) in [6, 6.07) is 10.1. The van der Waals surface area contributed by atoms with Crippen molar-refractivity contribution in [1.82, 2.24) is 0 Å². The van der Waals surface area contributed by atoms with Crippen molar-refractivity contribution < 1.29 is 4.79 Å². The number of carbonyl (C=O) groups excluding carboxylic acids is 1. The maximum Gasteiger partial charge on any atom is 0.137 e. The van der Waals surface area contributed by atoms with Gasteiger partial charge in [0.2, 0.25) is 0 Å². The normalized spacial score (nSPS) is 12.1. The molecule has 1 heteroatoms. The van der Waals surface area contributed by atoms with E-state index in [-0.39, 0.29) is 11.7 Å². The maximum atomic E-state index is 11.9. The van der Waals surface area contributed by atoms with Gasteiger partial charge in [-0.15, -0.1) is 0 Å². The Bertz CT molecular complexity index is 432. The summed E-state index contributed by atoms with van der Waals surface area (Å²) >= 11 is 0. The fourth-order valence-electron chi connectivity index (χ4n) is 2.96. The first-order valence-corrected chi connectivity index (χ1v) is 8.91. The van der Waals surface area contributed by atoms with Crippen LogP contribution in [0.4, 0.5) is 0 Å². The van der Waals surface area contributed by atoms with E-state index in [1.165, 1.54) is 44.9 Å². The summed E-state index contributed by atoms with van der Waals surface area (Å²) in [5.41, 5.74) is 2.08. The first-order valence-electron chi connectivity index (χ1n) is 8.91. The molecule has 22 heavy (non-hydrogen) atoms. The molecule has 0 radical (unpaired) electrons. The Morgan fingerprint density at radius 3 is 2.05 bits per heavy atom. The van der Waals surface area contributed by atoms with Crippen LogP contribution in [0.5, 0.6) is 0 Å². The topological polar surface area (TPSA) is 17.1 Å². The molecular formula is C21H32O. The molecule has 0 saturated heterocycles. The average molecular weight is 300 g/mol. The second-order valence-corrected chi connectivity index (χ2v) is 6.32. The fraction of sp³-hybridized carbons (Fsp3) is 0.571. The third-order valence-electron chi connectivity index (χ3n) is 4.40. The molecule has 1 unspecified atom stereocenters. The number of carbonyl (C=O) groups is 1. The molecule has 1 atom stereocenters. The van der Waals surface area contributed by atoms with Gasteiger partial charge in [0.25, 0.3) is 0 Å². The molecule has 0 aliphatic rings. The third kappa shape index (κ3) is 7.06. The molecule has 0 heterocycles. The van der Waals surface area contributed by atoms with E-state index in [9.17, 15) is 4.79 Å². The van der Waals surface area contributed by atoms with Crippen LogP contribution in [0.3, 0.4) is 0 Å². The van der Waals surface area contributed by atoms with Gasteiger partial charge in [-0.05, 0) is 24.5 Å². The molecule has 0 saturated carbocycles. The minimum absolute atomic E-state index is 0.0116. The lowest BCUT2D eigenvalue weighted by Gasteiger charge is -2.17. The van der Waals surface area contributed by atoms with E-state index >= 15 is 0 Å². The molecule has 1 rings (SSSR count). The van der Waals surface area contributed by atoms with Crippen LogP contribution in [-0.4, -0.2) is 5.78 Å². The van der Waals surface area contributed by atoms with Crippen LogP contribution in [0, 0.1) is 5.92 Å². The van der Waals surface area contributed by atoms with Crippen molar-refractivity contribution in [2.45, 2.75) is 71.6 Å². The number of Topliss-reactive ketones (excluding diaryl/α,β-unsaturated/α-hetero) is 1. The zero-order chi connectivity index (χ0) is 16.2. The fourth-order valence-corrected chi connectivity index (χ4v) is 2.96. The number of hydrogen-bond acceptors (Lipinski definition) is 1. The highest BCUT2D eigenvalue weighted by molar-refractivity contribution is 5.91. The SMILES string of the molecule is C=C(c1ccccc1)C(CCCCCCCCCC)C(C)=O. The Morgan fingerprint density at radius 2 is 1.50 bits per heavy atom. The molecule has 0 aromatic heterocycles. The molecule has 0 bridgehead atoms. The van der Waals surface area contributed by atoms with Crippen LogP contribution in [-0.2, 0) is 4.79 Å². The van der Waals surface area contributed by atoms with Crippen LogP contribution < -0.4 is 0 Å². The van der Waals surface area contributed by atoms with Crippen molar-refractivity contribution in [2.24, 2.45) is 5.92 Å². The highest BCUT2D eigenvalue weighted by Gasteiger charge is 2.18. The van der Waals surface area contributed by atoms with Gasteiger partial charge in [-0.2, -0.15) is 0 Å². The standard InChI is InChI=1S/C21H32O/c1-4-5-6-7-8-9-10-14-17-21(19(3)22)18(2)20-15-12-11-13-16-20/h11-13,15-16,21H,2,4-10,14,17H2,1,3H3. The minimum Gasteiger partial charge on any atom is -0.299 e. The van der Waals surface area contributed by atoms with E-state index in [4.69, 9.17) is 0 Å². The highest BCUT2D eigenvalue weighted by atomic mass is 16.1. The summed E-state index contributed by atoms with van der Waals surface area (Å²) in [5.74, 6) is 0.235. The number of benzene rings is 1. The van der Waals surface area contributed by atoms with E-state index < -0.39 is 0 Å². The van der Waals surface area contributed by atoms with Crippen molar-refractivity contribution in [1.29, 1.82) is 0 Å². The minimum atomic E-state index is -0.0116. The summed E-state index contributed by atoms with van der Waals surface area (Å²) in [7, 11) is 0.